The Labute approximate surface area is 172 Å². The molecule has 0 atom stereocenters. The lowest BCUT2D eigenvalue weighted by Gasteiger charge is -2.06. The molecule has 0 saturated heterocycles. The molecule has 2 amide bonds. The largest absolute Gasteiger partial charge is 0.497 e. The van der Waals surface area contributed by atoms with Crippen molar-refractivity contribution in [3.8, 4) is 17.0 Å². The van der Waals surface area contributed by atoms with E-state index >= 15 is 0 Å². The summed E-state index contributed by atoms with van der Waals surface area (Å²) in [6.07, 6.45) is 0.302. The molecule has 29 heavy (non-hydrogen) atoms. The molecule has 1 heterocycles. The molecule has 150 valence electrons. The number of methoxy groups -OCH3 is 2. The molecule has 0 aliphatic carbocycles. The first kappa shape index (κ1) is 20.3. The number of hydrogen-bond acceptors (Lipinski definition) is 6. The van der Waals surface area contributed by atoms with Crippen LogP contribution in [0.3, 0.4) is 0 Å². The van der Waals surface area contributed by atoms with Gasteiger partial charge in [-0.25, -0.2) is 9.78 Å². The maximum absolute atomic E-state index is 12.5. The molecule has 3 aromatic rings. The van der Waals surface area contributed by atoms with Gasteiger partial charge in [0.05, 0.1) is 14.2 Å². The van der Waals surface area contributed by atoms with E-state index in [1.807, 2.05) is 54.6 Å². The quantitative estimate of drug-likeness (QED) is 0.594. The van der Waals surface area contributed by atoms with Crippen LogP contribution >= 0.6 is 11.3 Å². The average Bonchev–Trinajstić information content (AvgIpc) is 3.15. The molecular formula is C21H21N3O4S. The fourth-order valence-corrected chi connectivity index (χ4v) is 3.52. The molecule has 2 N–H and O–H groups in total. The van der Waals surface area contributed by atoms with E-state index in [-0.39, 0.29) is 5.91 Å². The summed E-state index contributed by atoms with van der Waals surface area (Å²) in [6.45, 7) is 0. The molecule has 0 unspecified atom stereocenters. The van der Waals surface area contributed by atoms with Gasteiger partial charge >= 0.3 is 6.09 Å². The molecule has 0 radical (unpaired) electrons. The van der Waals surface area contributed by atoms with Crippen molar-refractivity contribution in [2.45, 2.75) is 12.8 Å². The number of rotatable bonds is 7. The fourth-order valence-electron chi connectivity index (χ4n) is 2.63. The number of carbonyl (C=O) groups is 2. The predicted octanol–water partition coefficient (Wildman–Crippen LogP) is 4.57. The van der Waals surface area contributed by atoms with E-state index in [1.165, 1.54) is 18.4 Å². The van der Waals surface area contributed by atoms with Gasteiger partial charge in [0.1, 0.15) is 16.4 Å². The number of aryl methyl sites for hydroxylation is 1. The van der Waals surface area contributed by atoms with Crippen LogP contribution in [0.15, 0.2) is 54.6 Å². The number of nitrogens with one attached hydrogen (secondary N) is 2. The summed E-state index contributed by atoms with van der Waals surface area (Å²) in [5, 5.41) is 6.38. The van der Waals surface area contributed by atoms with Gasteiger partial charge in [-0.15, -0.1) is 0 Å². The second-order valence-corrected chi connectivity index (χ2v) is 7.07. The zero-order chi connectivity index (χ0) is 20.6. The lowest BCUT2D eigenvalue weighted by Crippen LogP contribution is -2.12. The van der Waals surface area contributed by atoms with Crippen molar-refractivity contribution in [2.24, 2.45) is 0 Å². The zero-order valence-electron chi connectivity index (χ0n) is 16.1. The summed E-state index contributed by atoms with van der Waals surface area (Å²) in [7, 11) is 2.90. The van der Waals surface area contributed by atoms with E-state index in [9.17, 15) is 9.59 Å². The van der Waals surface area contributed by atoms with Crippen molar-refractivity contribution in [1.29, 1.82) is 0 Å². The first-order valence-corrected chi connectivity index (χ1v) is 9.74. The number of benzene rings is 2. The van der Waals surface area contributed by atoms with Crippen LogP contribution in [0.5, 0.6) is 5.75 Å². The summed E-state index contributed by atoms with van der Waals surface area (Å²) in [6, 6.07) is 17.1. The Morgan fingerprint density at radius 3 is 2.38 bits per heavy atom. The standard InChI is InChI=1S/C21H21N3O4S/c1-27-16-11-8-14(9-12-16)10-13-17(25)22-19-18(15-6-4-3-5-7-15)23-20(29-19)24-21(26)28-2/h3-9,11-12H,10,13H2,1-2H3,(H,22,25)(H,23,24,26). The van der Waals surface area contributed by atoms with Gasteiger partial charge in [0.25, 0.3) is 0 Å². The average molecular weight is 411 g/mol. The van der Waals surface area contributed by atoms with E-state index in [2.05, 4.69) is 20.4 Å². The van der Waals surface area contributed by atoms with Crippen LogP contribution in [-0.4, -0.2) is 31.2 Å². The highest BCUT2D eigenvalue weighted by Gasteiger charge is 2.17. The Morgan fingerprint density at radius 2 is 1.72 bits per heavy atom. The third-order valence-electron chi connectivity index (χ3n) is 4.12. The van der Waals surface area contributed by atoms with Crippen LogP contribution < -0.4 is 15.4 Å². The number of anilines is 2. The van der Waals surface area contributed by atoms with E-state index in [0.717, 1.165) is 16.9 Å². The highest BCUT2D eigenvalue weighted by molar-refractivity contribution is 7.20. The number of amides is 2. The van der Waals surface area contributed by atoms with E-state index in [4.69, 9.17) is 4.74 Å². The number of nitrogens with zero attached hydrogens (tertiary/aromatic N) is 1. The summed E-state index contributed by atoms with van der Waals surface area (Å²) in [5.41, 5.74) is 2.48. The maximum Gasteiger partial charge on any atom is 0.413 e. The van der Waals surface area contributed by atoms with Crippen molar-refractivity contribution >= 4 is 33.5 Å². The smallest absolute Gasteiger partial charge is 0.413 e. The van der Waals surface area contributed by atoms with E-state index < -0.39 is 6.09 Å². The van der Waals surface area contributed by atoms with Gasteiger partial charge in [-0.1, -0.05) is 53.8 Å². The molecule has 0 aliphatic rings. The van der Waals surface area contributed by atoms with Crippen molar-refractivity contribution in [1.82, 2.24) is 4.98 Å². The fraction of sp³-hybridized carbons (Fsp3) is 0.190. The molecule has 0 saturated carbocycles. The van der Waals surface area contributed by atoms with Crippen LogP contribution in [0.25, 0.3) is 11.3 Å². The Kier molecular flexibility index (Phi) is 6.80. The van der Waals surface area contributed by atoms with Gasteiger partial charge < -0.3 is 14.8 Å². The van der Waals surface area contributed by atoms with Gasteiger partial charge in [0, 0.05) is 12.0 Å². The van der Waals surface area contributed by atoms with Gasteiger partial charge in [0.15, 0.2) is 5.13 Å². The monoisotopic (exact) mass is 411 g/mol. The first-order valence-electron chi connectivity index (χ1n) is 8.93. The zero-order valence-corrected chi connectivity index (χ0v) is 16.9. The molecule has 7 nitrogen and oxygen atoms in total. The lowest BCUT2D eigenvalue weighted by atomic mass is 10.1. The second kappa shape index (κ2) is 9.70. The summed E-state index contributed by atoms with van der Waals surface area (Å²) in [5.74, 6) is 0.646. The molecular weight excluding hydrogens is 390 g/mol. The van der Waals surface area contributed by atoms with Crippen molar-refractivity contribution in [2.75, 3.05) is 24.9 Å². The van der Waals surface area contributed by atoms with Crippen LogP contribution in [0, 0.1) is 0 Å². The number of carbonyl (C=O) groups excluding carboxylic acids is 2. The van der Waals surface area contributed by atoms with Gasteiger partial charge in [-0.05, 0) is 24.1 Å². The molecule has 0 aliphatic heterocycles. The van der Waals surface area contributed by atoms with Crippen molar-refractivity contribution in [3.63, 3.8) is 0 Å². The van der Waals surface area contributed by atoms with Crippen LogP contribution in [-0.2, 0) is 16.0 Å². The van der Waals surface area contributed by atoms with Crippen LogP contribution in [0.4, 0.5) is 14.9 Å². The molecule has 1 aromatic heterocycles. The Balaban J connectivity index is 1.72. The molecule has 0 spiro atoms. The molecule has 2 aromatic carbocycles. The summed E-state index contributed by atoms with van der Waals surface area (Å²) >= 11 is 1.18. The molecule has 0 bridgehead atoms. The SMILES string of the molecule is COC(=O)Nc1nc(-c2ccccc2)c(NC(=O)CCc2ccc(OC)cc2)s1. The minimum absolute atomic E-state index is 0.133. The first-order chi connectivity index (χ1) is 14.1. The highest BCUT2D eigenvalue weighted by Crippen LogP contribution is 2.36. The van der Waals surface area contributed by atoms with Crippen LogP contribution in [0.1, 0.15) is 12.0 Å². The van der Waals surface area contributed by atoms with Gasteiger partial charge in [0.2, 0.25) is 5.91 Å². The van der Waals surface area contributed by atoms with Crippen molar-refractivity contribution in [3.05, 3.63) is 60.2 Å². The summed E-state index contributed by atoms with van der Waals surface area (Å²) < 4.78 is 9.76. The minimum atomic E-state index is -0.615. The number of aromatic nitrogens is 1. The summed E-state index contributed by atoms with van der Waals surface area (Å²) in [4.78, 5) is 28.5. The minimum Gasteiger partial charge on any atom is -0.497 e. The Bertz CT molecular complexity index is 971. The van der Waals surface area contributed by atoms with Gasteiger partial charge in [-0.3, -0.25) is 10.1 Å². The molecule has 8 heteroatoms. The van der Waals surface area contributed by atoms with Crippen LogP contribution in [0.2, 0.25) is 0 Å². The maximum atomic E-state index is 12.5. The van der Waals surface area contributed by atoms with E-state index in [0.29, 0.717) is 28.7 Å². The lowest BCUT2D eigenvalue weighted by molar-refractivity contribution is -0.116. The highest BCUT2D eigenvalue weighted by atomic mass is 32.1. The third kappa shape index (κ3) is 5.55. The van der Waals surface area contributed by atoms with Gasteiger partial charge in [-0.2, -0.15) is 0 Å². The second-order valence-electron chi connectivity index (χ2n) is 6.08. The number of ether oxygens (including phenoxy) is 2. The number of thiazole rings is 1. The number of hydrogen-bond donors (Lipinski definition) is 2. The third-order valence-corrected chi connectivity index (χ3v) is 5.01. The van der Waals surface area contributed by atoms with Crippen molar-refractivity contribution < 1.29 is 19.1 Å². The molecule has 3 rings (SSSR count). The molecule has 0 fully saturated rings. The Morgan fingerprint density at radius 1 is 1.00 bits per heavy atom. The predicted molar refractivity (Wildman–Crippen MR) is 114 cm³/mol. The van der Waals surface area contributed by atoms with E-state index in [1.54, 1.807) is 7.11 Å². The topological polar surface area (TPSA) is 89.5 Å². The Hall–Kier alpha value is -3.39. The normalized spacial score (nSPS) is 10.3.